The fourth-order valence-electron chi connectivity index (χ4n) is 10.8. The minimum absolute atomic E-state index is 0.0940. The summed E-state index contributed by atoms with van der Waals surface area (Å²) in [6.07, 6.45) is 7.72. The van der Waals surface area contributed by atoms with Crippen LogP contribution in [0.1, 0.15) is 74.8 Å². The van der Waals surface area contributed by atoms with Crippen LogP contribution in [-0.2, 0) is 11.0 Å². The van der Waals surface area contributed by atoms with E-state index < -0.39 is 5.60 Å². The largest absolute Gasteiger partial charge is 0.507 e. The van der Waals surface area contributed by atoms with Crippen LogP contribution in [0.25, 0.3) is 39.1 Å². The SMILES string of the molecule is COc1ccc(-c2cc3c4c(c5c(c3cc2O)OC(c2ccc(OC)cc2)(c2ccc(OC)cc2)C=C5)C2(CC(C)(C)CC(C)(C)C2)c2ccccc2-4)cc1. The van der Waals surface area contributed by atoms with Crippen molar-refractivity contribution in [1.82, 2.24) is 0 Å². The summed E-state index contributed by atoms with van der Waals surface area (Å²) >= 11 is 0. The van der Waals surface area contributed by atoms with Crippen LogP contribution in [-0.4, -0.2) is 26.4 Å². The maximum Gasteiger partial charge on any atom is 0.178 e. The Kier molecular flexibility index (Phi) is 7.92. The number of hydrogen-bond acceptors (Lipinski definition) is 5. The van der Waals surface area contributed by atoms with E-state index in [1.54, 1.807) is 21.3 Å². The molecule has 2 aliphatic carbocycles. The van der Waals surface area contributed by atoms with Gasteiger partial charge in [0.25, 0.3) is 0 Å². The van der Waals surface area contributed by atoms with Crippen LogP contribution in [0.3, 0.4) is 0 Å². The molecule has 1 saturated carbocycles. The summed E-state index contributed by atoms with van der Waals surface area (Å²) in [5.41, 5.74) is 8.87. The van der Waals surface area contributed by atoms with E-state index in [-0.39, 0.29) is 22.0 Å². The Morgan fingerprint density at radius 2 is 1.15 bits per heavy atom. The first-order valence-electron chi connectivity index (χ1n) is 19.2. The summed E-state index contributed by atoms with van der Waals surface area (Å²) in [5, 5.41) is 13.9. The van der Waals surface area contributed by atoms with Gasteiger partial charge in [-0.3, -0.25) is 0 Å². The van der Waals surface area contributed by atoms with Gasteiger partial charge in [-0.2, -0.15) is 0 Å². The van der Waals surface area contributed by atoms with Crippen LogP contribution < -0.4 is 18.9 Å². The summed E-state index contributed by atoms with van der Waals surface area (Å²) in [4.78, 5) is 0. The van der Waals surface area contributed by atoms with Crippen LogP contribution in [0.2, 0.25) is 0 Å². The maximum absolute atomic E-state index is 12.0. The highest BCUT2D eigenvalue weighted by molar-refractivity contribution is 6.10. The lowest BCUT2D eigenvalue weighted by molar-refractivity contribution is 0.0642. The lowest BCUT2D eigenvalue weighted by atomic mass is 9.52. The summed E-state index contributed by atoms with van der Waals surface area (Å²) in [6.45, 7) is 9.76. The lowest BCUT2D eigenvalue weighted by Crippen LogP contribution is -2.44. The van der Waals surface area contributed by atoms with Crippen LogP contribution in [0.5, 0.6) is 28.7 Å². The number of rotatable bonds is 6. The predicted molar refractivity (Wildman–Crippen MR) is 222 cm³/mol. The topological polar surface area (TPSA) is 57.2 Å². The maximum atomic E-state index is 12.0. The van der Waals surface area contributed by atoms with Crippen molar-refractivity contribution in [2.75, 3.05) is 21.3 Å². The molecular formula is C50H48O5. The highest BCUT2D eigenvalue weighted by Crippen LogP contribution is 2.67. The molecule has 1 aliphatic heterocycles. The van der Waals surface area contributed by atoms with Gasteiger partial charge in [0.1, 0.15) is 28.7 Å². The second-order valence-corrected chi connectivity index (χ2v) is 17.3. The smallest absolute Gasteiger partial charge is 0.178 e. The van der Waals surface area contributed by atoms with Gasteiger partial charge < -0.3 is 24.1 Å². The van der Waals surface area contributed by atoms with Crippen LogP contribution >= 0.6 is 0 Å². The fraction of sp³-hybridized carbons (Fsp3) is 0.280. The Labute approximate surface area is 324 Å². The average molecular weight is 729 g/mol. The molecule has 55 heavy (non-hydrogen) atoms. The van der Waals surface area contributed by atoms with Crippen molar-refractivity contribution in [3.05, 3.63) is 143 Å². The van der Waals surface area contributed by atoms with Crippen molar-refractivity contribution in [3.63, 3.8) is 0 Å². The van der Waals surface area contributed by atoms with E-state index >= 15 is 0 Å². The first-order valence-corrected chi connectivity index (χ1v) is 19.2. The summed E-state index contributed by atoms with van der Waals surface area (Å²) in [7, 11) is 5.04. The van der Waals surface area contributed by atoms with E-state index in [2.05, 4.69) is 94.4 Å². The van der Waals surface area contributed by atoms with E-state index in [1.807, 2.05) is 54.6 Å². The van der Waals surface area contributed by atoms with Gasteiger partial charge in [-0.1, -0.05) is 94.4 Å². The Hall–Kier alpha value is -5.68. The van der Waals surface area contributed by atoms with Gasteiger partial charge in [0.15, 0.2) is 5.60 Å². The molecule has 278 valence electrons. The number of ether oxygens (including phenoxy) is 4. The molecule has 5 nitrogen and oxygen atoms in total. The number of phenols is 1. The molecule has 1 heterocycles. The van der Waals surface area contributed by atoms with Crippen LogP contribution in [0.15, 0.2) is 115 Å². The van der Waals surface area contributed by atoms with E-state index in [4.69, 9.17) is 18.9 Å². The van der Waals surface area contributed by atoms with Crippen molar-refractivity contribution in [3.8, 4) is 51.0 Å². The van der Waals surface area contributed by atoms with Gasteiger partial charge in [0, 0.05) is 33.1 Å². The summed E-state index contributed by atoms with van der Waals surface area (Å²) in [5.74, 6) is 3.28. The number of hydrogen-bond donors (Lipinski definition) is 1. The standard InChI is InChI=1S/C50H48O5/c1-47(2)28-48(3,4)30-49(29-47)42-11-9-8-10-37(42)44-40-26-39(31-12-18-34(52-5)19-13-31)43(51)27-41(40)46-38(45(44)49)24-25-50(55-46,32-14-20-35(53-6)21-15-32)33-16-22-36(54-7)23-17-33/h8-27,51H,28-30H2,1-7H3. The first-order chi connectivity index (χ1) is 26.4. The molecule has 6 aromatic carbocycles. The molecular weight excluding hydrogens is 681 g/mol. The van der Waals surface area contributed by atoms with Crippen molar-refractivity contribution in [2.24, 2.45) is 10.8 Å². The molecule has 6 aromatic rings. The molecule has 0 aromatic heterocycles. The number of fused-ring (bicyclic) bond motifs is 10. The normalized spacial score (nSPS) is 17.9. The number of methoxy groups -OCH3 is 3. The van der Waals surface area contributed by atoms with Crippen LogP contribution in [0, 0.1) is 10.8 Å². The molecule has 0 unspecified atom stereocenters. The molecule has 0 atom stereocenters. The second-order valence-electron chi connectivity index (χ2n) is 17.3. The Morgan fingerprint density at radius 3 is 1.71 bits per heavy atom. The Bertz CT molecular complexity index is 2420. The second kappa shape index (κ2) is 12.4. The highest BCUT2D eigenvalue weighted by atomic mass is 16.5. The van der Waals surface area contributed by atoms with Gasteiger partial charge in [-0.25, -0.2) is 0 Å². The van der Waals surface area contributed by atoms with Crippen LogP contribution in [0.4, 0.5) is 0 Å². The molecule has 0 amide bonds. The van der Waals surface area contributed by atoms with Gasteiger partial charge in [-0.15, -0.1) is 0 Å². The minimum Gasteiger partial charge on any atom is -0.507 e. The monoisotopic (exact) mass is 728 g/mol. The number of aromatic hydroxyl groups is 1. The summed E-state index contributed by atoms with van der Waals surface area (Å²) in [6, 6.07) is 37.3. The molecule has 5 heteroatoms. The Balaban J connectivity index is 1.39. The van der Waals surface area contributed by atoms with Gasteiger partial charge in [-0.05, 0) is 118 Å². The van der Waals surface area contributed by atoms with Gasteiger partial charge in [0.05, 0.1) is 21.3 Å². The highest BCUT2D eigenvalue weighted by Gasteiger charge is 2.55. The van der Waals surface area contributed by atoms with Crippen molar-refractivity contribution in [2.45, 2.75) is 58.0 Å². The van der Waals surface area contributed by atoms with Crippen molar-refractivity contribution in [1.29, 1.82) is 0 Å². The quantitative estimate of drug-likeness (QED) is 0.185. The molecule has 0 saturated heterocycles. The molecule has 1 N–H and O–H groups in total. The average Bonchev–Trinajstić information content (AvgIpc) is 3.44. The molecule has 9 rings (SSSR count). The predicted octanol–water partition coefficient (Wildman–Crippen LogP) is 12.1. The fourth-order valence-corrected chi connectivity index (χ4v) is 10.8. The summed E-state index contributed by atoms with van der Waals surface area (Å²) < 4.78 is 24.3. The van der Waals surface area contributed by atoms with E-state index in [0.717, 1.165) is 80.9 Å². The molecule has 1 fully saturated rings. The van der Waals surface area contributed by atoms with E-state index in [9.17, 15) is 5.11 Å². The zero-order valence-electron chi connectivity index (χ0n) is 32.7. The molecule has 1 spiro atoms. The van der Waals surface area contributed by atoms with Gasteiger partial charge in [0.2, 0.25) is 0 Å². The molecule has 0 radical (unpaired) electrons. The number of phenolic OH excluding ortho intramolecular Hbond substituents is 1. The van der Waals surface area contributed by atoms with E-state index in [0.29, 0.717) is 0 Å². The van der Waals surface area contributed by atoms with E-state index in [1.165, 1.54) is 22.3 Å². The lowest BCUT2D eigenvalue weighted by Gasteiger charge is -2.52. The third-order valence-corrected chi connectivity index (χ3v) is 12.3. The molecule has 3 aliphatic rings. The third kappa shape index (κ3) is 5.42. The first kappa shape index (κ1) is 35.0. The van der Waals surface area contributed by atoms with Crippen molar-refractivity contribution >= 4 is 16.8 Å². The van der Waals surface area contributed by atoms with Crippen molar-refractivity contribution < 1.29 is 24.1 Å². The minimum atomic E-state index is -0.985. The molecule has 0 bridgehead atoms. The Morgan fingerprint density at radius 1 is 0.600 bits per heavy atom. The zero-order valence-corrected chi connectivity index (χ0v) is 32.7. The zero-order chi connectivity index (χ0) is 38.3. The van der Waals surface area contributed by atoms with Gasteiger partial charge >= 0.3 is 0 Å². The third-order valence-electron chi connectivity index (χ3n) is 12.3. The number of benzene rings is 6.